The Hall–Kier alpha value is -2.50. The van der Waals surface area contributed by atoms with Gasteiger partial charge in [-0.05, 0) is 50.7 Å². The average Bonchev–Trinajstić information content (AvgIpc) is 2.69. The number of anilines is 1. The molecular formula is C20H23FN4O. The molecular weight excluding hydrogens is 331 g/mol. The zero-order chi connectivity index (χ0) is 17.9. The van der Waals surface area contributed by atoms with Gasteiger partial charge in [-0.2, -0.15) is 0 Å². The van der Waals surface area contributed by atoms with E-state index >= 15 is 0 Å². The first-order chi connectivity index (χ1) is 12.7. The van der Waals surface area contributed by atoms with Crippen LogP contribution in [-0.2, 0) is 6.42 Å². The summed E-state index contributed by atoms with van der Waals surface area (Å²) in [6.45, 7) is 2.01. The van der Waals surface area contributed by atoms with E-state index < -0.39 is 5.82 Å². The van der Waals surface area contributed by atoms with E-state index in [0.717, 1.165) is 49.6 Å². The number of benzene rings is 1. The van der Waals surface area contributed by atoms with Crippen LogP contribution in [0.25, 0.3) is 0 Å². The van der Waals surface area contributed by atoms with E-state index in [2.05, 4.69) is 15.2 Å². The number of rotatable bonds is 3. The Bertz CT molecular complexity index is 804. The van der Waals surface area contributed by atoms with Crippen molar-refractivity contribution in [3.63, 3.8) is 0 Å². The molecule has 0 radical (unpaired) electrons. The standard InChI is InChI=1S/C20H23FN4O/c21-16-8-3-2-7-14(16)19(26)23-17-9-6-10-18-15(17)13-22-20(24-18)25-11-4-1-5-12-25/h2-3,7-8,13,17H,1,4-6,9-12H2,(H,23,26). The third-order valence-corrected chi connectivity index (χ3v) is 5.23. The predicted octanol–water partition coefficient (Wildman–Crippen LogP) is 3.41. The zero-order valence-electron chi connectivity index (χ0n) is 14.7. The van der Waals surface area contributed by atoms with Crippen molar-refractivity contribution in [1.29, 1.82) is 0 Å². The highest BCUT2D eigenvalue weighted by Gasteiger charge is 2.26. The maximum absolute atomic E-state index is 13.9. The van der Waals surface area contributed by atoms with Crippen LogP contribution in [-0.4, -0.2) is 29.0 Å². The van der Waals surface area contributed by atoms with Crippen molar-refractivity contribution in [2.75, 3.05) is 18.0 Å². The Labute approximate surface area is 152 Å². The number of fused-ring (bicyclic) bond motifs is 1. The van der Waals surface area contributed by atoms with E-state index in [4.69, 9.17) is 4.98 Å². The van der Waals surface area contributed by atoms with Gasteiger partial charge in [-0.3, -0.25) is 4.79 Å². The SMILES string of the molecule is O=C(NC1CCCc2nc(N3CCCCC3)ncc21)c1ccccc1F. The number of hydrogen-bond donors (Lipinski definition) is 1. The maximum Gasteiger partial charge on any atom is 0.254 e. The summed E-state index contributed by atoms with van der Waals surface area (Å²) in [5, 5.41) is 2.96. The van der Waals surface area contributed by atoms with Crippen LogP contribution in [0.5, 0.6) is 0 Å². The molecule has 1 fully saturated rings. The van der Waals surface area contributed by atoms with Crippen LogP contribution < -0.4 is 10.2 Å². The fourth-order valence-electron chi connectivity index (χ4n) is 3.81. The Morgan fingerprint density at radius 1 is 1.15 bits per heavy atom. The van der Waals surface area contributed by atoms with Gasteiger partial charge >= 0.3 is 0 Å². The van der Waals surface area contributed by atoms with Crippen LogP contribution in [0.2, 0.25) is 0 Å². The lowest BCUT2D eigenvalue weighted by Crippen LogP contribution is -2.34. The second-order valence-corrected chi connectivity index (χ2v) is 7.02. The second-order valence-electron chi connectivity index (χ2n) is 7.02. The van der Waals surface area contributed by atoms with Gasteiger partial charge in [0, 0.05) is 24.8 Å². The van der Waals surface area contributed by atoms with Crippen molar-refractivity contribution in [2.24, 2.45) is 0 Å². The summed E-state index contributed by atoms with van der Waals surface area (Å²) in [7, 11) is 0. The summed E-state index contributed by atoms with van der Waals surface area (Å²) in [6.07, 6.45) is 8.14. The van der Waals surface area contributed by atoms with Gasteiger partial charge in [0.1, 0.15) is 5.82 Å². The smallest absolute Gasteiger partial charge is 0.254 e. The van der Waals surface area contributed by atoms with E-state index in [0.29, 0.717) is 0 Å². The summed E-state index contributed by atoms with van der Waals surface area (Å²) in [5.41, 5.74) is 2.04. The Morgan fingerprint density at radius 3 is 2.77 bits per heavy atom. The number of halogens is 1. The fourth-order valence-corrected chi connectivity index (χ4v) is 3.81. The number of carbonyl (C=O) groups excluding carboxylic acids is 1. The number of aromatic nitrogens is 2. The van der Waals surface area contributed by atoms with Gasteiger partial charge in [-0.25, -0.2) is 14.4 Å². The van der Waals surface area contributed by atoms with E-state index in [1.54, 1.807) is 12.1 Å². The number of piperidine rings is 1. The van der Waals surface area contributed by atoms with Crippen LogP contribution >= 0.6 is 0 Å². The molecule has 1 aliphatic heterocycles. The van der Waals surface area contributed by atoms with Crippen molar-refractivity contribution < 1.29 is 9.18 Å². The molecule has 0 saturated carbocycles. The molecule has 0 spiro atoms. The molecule has 1 N–H and O–H groups in total. The number of nitrogens with zero attached hydrogens (tertiary/aromatic N) is 3. The third-order valence-electron chi connectivity index (χ3n) is 5.23. The molecule has 1 aromatic carbocycles. The van der Waals surface area contributed by atoms with Gasteiger partial charge in [0.25, 0.3) is 5.91 Å². The number of amides is 1. The molecule has 26 heavy (non-hydrogen) atoms. The van der Waals surface area contributed by atoms with Crippen molar-refractivity contribution in [3.8, 4) is 0 Å². The van der Waals surface area contributed by atoms with Crippen LogP contribution in [0, 0.1) is 5.82 Å². The van der Waals surface area contributed by atoms with Gasteiger partial charge in [0.2, 0.25) is 5.95 Å². The second kappa shape index (κ2) is 7.40. The average molecular weight is 354 g/mol. The van der Waals surface area contributed by atoms with Crippen molar-refractivity contribution in [1.82, 2.24) is 15.3 Å². The zero-order valence-corrected chi connectivity index (χ0v) is 14.7. The van der Waals surface area contributed by atoms with Gasteiger partial charge in [-0.15, -0.1) is 0 Å². The highest BCUT2D eigenvalue weighted by molar-refractivity contribution is 5.94. The molecule has 1 saturated heterocycles. The van der Waals surface area contributed by atoms with Crippen LogP contribution in [0.15, 0.2) is 30.5 Å². The molecule has 1 unspecified atom stereocenters. The van der Waals surface area contributed by atoms with Crippen LogP contribution in [0.1, 0.15) is 59.8 Å². The van der Waals surface area contributed by atoms with Gasteiger partial charge in [0.05, 0.1) is 17.3 Å². The normalized spacial score (nSPS) is 19.7. The molecule has 1 aliphatic carbocycles. The number of carbonyl (C=O) groups is 1. The molecule has 0 bridgehead atoms. The topological polar surface area (TPSA) is 58.1 Å². The molecule has 6 heteroatoms. The molecule has 1 amide bonds. The monoisotopic (exact) mass is 354 g/mol. The Morgan fingerprint density at radius 2 is 1.96 bits per heavy atom. The molecule has 1 aromatic heterocycles. The molecule has 2 aromatic rings. The highest BCUT2D eigenvalue weighted by Crippen LogP contribution is 2.30. The van der Waals surface area contributed by atoms with E-state index in [1.165, 1.54) is 31.4 Å². The quantitative estimate of drug-likeness (QED) is 0.918. The van der Waals surface area contributed by atoms with E-state index in [9.17, 15) is 9.18 Å². The van der Waals surface area contributed by atoms with Crippen molar-refractivity contribution >= 4 is 11.9 Å². The molecule has 2 aliphatic rings. The van der Waals surface area contributed by atoms with Gasteiger partial charge < -0.3 is 10.2 Å². The minimum atomic E-state index is -0.502. The molecule has 4 rings (SSSR count). The third kappa shape index (κ3) is 3.41. The minimum Gasteiger partial charge on any atom is -0.345 e. The summed E-state index contributed by atoms with van der Waals surface area (Å²) in [6, 6.07) is 5.89. The summed E-state index contributed by atoms with van der Waals surface area (Å²) in [5.74, 6) is -0.0942. The molecule has 1 atom stereocenters. The molecule has 5 nitrogen and oxygen atoms in total. The lowest BCUT2D eigenvalue weighted by Gasteiger charge is -2.29. The fraction of sp³-hybridized carbons (Fsp3) is 0.450. The van der Waals surface area contributed by atoms with E-state index in [1.807, 2.05) is 6.20 Å². The van der Waals surface area contributed by atoms with Crippen LogP contribution in [0.3, 0.4) is 0 Å². The number of nitrogens with one attached hydrogen (secondary N) is 1. The van der Waals surface area contributed by atoms with Gasteiger partial charge in [-0.1, -0.05) is 12.1 Å². The summed E-state index contributed by atoms with van der Waals surface area (Å²) >= 11 is 0. The number of aryl methyl sites for hydroxylation is 1. The summed E-state index contributed by atoms with van der Waals surface area (Å²) in [4.78, 5) is 24.0. The molecule has 136 valence electrons. The Kier molecular flexibility index (Phi) is 4.82. The van der Waals surface area contributed by atoms with Crippen LogP contribution in [0.4, 0.5) is 10.3 Å². The Balaban J connectivity index is 1.53. The van der Waals surface area contributed by atoms with Crippen molar-refractivity contribution in [2.45, 2.75) is 44.6 Å². The van der Waals surface area contributed by atoms with Gasteiger partial charge in [0.15, 0.2) is 0 Å². The predicted molar refractivity (Wildman–Crippen MR) is 97.6 cm³/mol. The largest absolute Gasteiger partial charge is 0.345 e. The lowest BCUT2D eigenvalue weighted by molar-refractivity contribution is 0.0928. The summed E-state index contributed by atoms with van der Waals surface area (Å²) < 4.78 is 13.9. The molecule has 2 heterocycles. The lowest BCUT2D eigenvalue weighted by atomic mass is 9.92. The first-order valence-electron chi connectivity index (χ1n) is 9.38. The first kappa shape index (κ1) is 16.9. The van der Waals surface area contributed by atoms with Crippen molar-refractivity contribution in [3.05, 3.63) is 53.1 Å². The highest BCUT2D eigenvalue weighted by atomic mass is 19.1. The van der Waals surface area contributed by atoms with E-state index in [-0.39, 0.29) is 17.5 Å². The maximum atomic E-state index is 13.9. The number of hydrogen-bond acceptors (Lipinski definition) is 4. The minimum absolute atomic E-state index is 0.0745. The first-order valence-corrected chi connectivity index (χ1v) is 9.38.